The summed E-state index contributed by atoms with van der Waals surface area (Å²) >= 11 is 6.10. The first-order valence-electron chi connectivity index (χ1n) is 5.10. The molecular formula is C10H23ClOSi. The molecule has 0 N–H and O–H groups in total. The van der Waals surface area contributed by atoms with E-state index in [1.54, 1.807) is 0 Å². The van der Waals surface area contributed by atoms with Gasteiger partial charge in [-0.2, -0.15) is 0 Å². The van der Waals surface area contributed by atoms with Crippen molar-refractivity contribution in [1.29, 1.82) is 0 Å². The maximum absolute atomic E-state index is 6.12. The van der Waals surface area contributed by atoms with Gasteiger partial charge in [0.2, 0.25) is 8.32 Å². The van der Waals surface area contributed by atoms with E-state index in [2.05, 4.69) is 41.5 Å². The summed E-state index contributed by atoms with van der Waals surface area (Å²) in [6, 6.07) is 0. The number of alkyl halides is 1. The van der Waals surface area contributed by atoms with E-state index in [-0.39, 0.29) is 0 Å². The quantitative estimate of drug-likeness (QED) is 0.506. The van der Waals surface area contributed by atoms with Gasteiger partial charge in [0.25, 0.3) is 0 Å². The van der Waals surface area contributed by atoms with Crippen LogP contribution in [-0.2, 0) is 4.43 Å². The second-order valence-electron chi connectivity index (χ2n) is 4.56. The molecule has 0 aliphatic rings. The van der Waals surface area contributed by atoms with Gasteiger partial charge in [-0.3, -0.25) is 0 Å². The second-order valence-corrected chi connectivity index (χ2v) is 10.1. The van der Waals surface area contributed by atoms with Crippen molar-refractivity contribution in [2.75, 3.05) is 5.50 Å². The van der Waals surface area contributed by atoms with Gasteiger partial charge in [0.1, 0.15) is 0 Å². The van der Waals surface area contributed by atoms with Gasteiger partial charge in [-0.25, -0.2) is 0 Å². The number of rotatable bonds is 5. The third-order valence-corrected chi connectivity index (χ3v) is 9.11. The third kappa shape index (κ3) is 3.26. The molecule has 0 aromatic rings. The highest BCUT2D eigenvalue weighted by Crippen LogP contribution is 2.35. The lowest BCUT2D eigenvalue weighted by Crippen LogP contribution is -2.49. The Bertz CT molecular complexity index is 138. The molecule has 13 heavy (non-hydrogen) atoms. The van der Waals surface area contributed by atoms with Gasteiger partial charge < -0.3 is 4.43 Å². The van der Waals surface area contributed by atoms with E-state index in [1.165, 1.54) is 0 Å². The zero-order valence-electron chi connectivity index (χ0n) is 9.73. The van der Waals surface area contributed by atoms with Crippen LogP contribution in [0.3, 0.4) is 0 Å². The summed E-state index contributed by atoms with van der Waals surface area (Å²) in [6.45, 7) is 13.1. The largest absolute Gasteiger partial charge is 0.413 e. The molecule has 0 heterocycles. The summed E-state index contributed by atoms with van der Waals surface area (Å²) in [5, 5.41) is 0. The molecule has 0 atom stereocenters. The van der Waals surface area contributed by atoms with Crippen molar-refractivity contribution in [3.63, 3.8) is 0 Å². The SMILES string of the molecule is CC(C)O[Si](CCl)(C(C)C)C(C)C. The van der Waals surface area contributed by atoms with Crippen LogP contribution in [0, 0.1) is 0 Å². The molecule has 0 fully saturated rings. The van der Waals surface area contributed by atoms with Gasteiger partial charge in [-0.15, -0.1) is 11.6 Å². The fourth-order valence-electron chi connectivity index (χ4n) is 1.72. The minimum absolute atomic E-state index is 0.301. The van der Waals surface area contributed by atoms with Gasteiger partial charge in [0, 0.05) is 11.6 Å². The Morgan fingerprint density at radius 3 is 1.46 bits per heavy atom. The molecule has 0 rings (SSSR count). The van der Waals surface area contributed by atoms with Crippen LogP contribution in [0.15, 0.2) is 0 Å². The molecule has 0 spiro atoms. The summed E-state index contributed by atoms with van der Waals surface area (Å²) < 4.78 is 6.12. The predicted octanol–water partition coefficient (Wildman–Crippen LogP) is 3.95. The van der Waals surface area contributed by atoms with E-state index < -0.39 is 8.32 Å². The Hall–Kier alpha value is 0.467. The smallest absolute Gasteiger partial charge is 0.212 e. The Morgan fingerprint density at radius 1 is 1.00 bits per heavy atom. The van der Waals surface area contributed by atoms with E-state index in [1.807, 2.05) is 0 Å². The highest BCUT2D eigenvalue weighted by Gasteiger charge is 2.41. The fourth-order valence-corrected chi connectivity index (χ4v) is 7.19. The van der Waals surface area contributed by atoms with Crippen LogP contribution in [0.5, 0.6) is 0 Å². The molecule has 0 saturated carbocycles. The van der Waals surface area contributed by atoms with Crippen molar-refractivity contribution in [2.24, 2.45) is 0 Å². The van der Waals surface area contributed by atoms with Gasteiger partial charge in [-0.05, 0) is 24.9 Å². The first-order chi connectivity index (χ1) is 5.86. The Morgan fingerprint density at radius 2 is 1.38 bits per heavy atom. The van der Waals surface area contributed by atoms with Gasteiger partial charge in [-0.1, -0.05) is 27.7 Å². The molecule has 0 bridgehead atoms. The van der Waals surface area contributed by atoms with Crippen LogP contribution in [0.4, 0.5) is 0 Å². The number of halogens is 1. The molecule has 3 heteroatoms. The van der Waals surface area contributed by atoms with Crippen molar-refractivity contribution in [2.45, 2.75) is 58.7 Å². The lowest BCUT2D eigenvalue weighted by Gasteiger charge is -2.38. The van der Waals surface area contributed by atoms with Crippen molar-refractivity contribution in [3.05, 3.63) is 0 Å². The molecule has 0 aromatic heterocycles. The fraction of sp³-hybridized carbons (Fsp3) is 1.00. The Labute approximate surface area is 88.9 Å². The zero-order chi connectivity index (χ0) is 10.6. The molecular weight excluding hydrogens is 200 g/mol. The highest BCUT2D eigenvalue weighted by atomic mass is 35.5. The number of hydrogen-bond donors (Lipinski definition) is 0. The molecule has 80 valence electrons. The van der Waals surface area contributed by atoms with Crippen LogP contribution in [0.2, 0.25) is 11.1 Å². The maximum atomic E-state index is 6.12. The van der Waals surface area contributed by atoms with Crippen molar-refractivity contribution >= 4 is 19.9 Å². The summed E-state index contributed by atoms with van der Waals surface area (Å²) in [5.41, 5.74) is 1.89. The highest BCUT2D eigenvalue weighted by molar-refractivity contribution is 6.82. The number of hydrogen-bond acceptors (Lipinski definition) is 1. The topological polar surface area (TPSA) is 9.23 Å². The zero-order valence-corrected chi connectivity index (χ0v) is 11.5. The lowest BCUT2D eigenvalue weighted by molar-refractivity contribution is 0.217. The summed E-state index contributed by atoms with van der Waals surface area (Å²) in [7, 11) is -1.72. The van der Waals surface area contributed by atoms with E-state index in [0.717, 1.165) is 0 Å². The lowest BCUT2D eigenvalue weighted by atomic mass is 10.5. The second kappa shape index (κ2) is 5.37. The van der Waals surface area contributed by atoms with Crippen LogP contribution in [0.25, 0.3) is 0 Å². The van der Waals surface area contributed by atoms with Crippen LogP contribution in [0.1, 0.15) is 41.5 Å². The van der Waals surface area contributed by atoms with E-state index in [9.17, 15) is 0 Å². The molecule has 0 saturated heterocycles. The Balaban J connectivity index is 4.65. The summed E-state index contributed by atoms with van der Waals surface area (Å²) in [6.07, 6.45) is 0.301. The molecule has 0 aliphatic heterocycles. The minimum atomic E-state index is -1.72. The predicted molar refractivity (Wildman–Crippen MR) is 62.9 cm³/mol. The van der Waals surface area contributed by atoms with Crippen molar-refractivity contribution in [1.82, 2.24) is 0 Å². The average Bonchev–Trinajstić information content (AvgIpc) is 1.98. The molecule has 0 aromatic carbocycles. The monoisotopic (exact) mass is 222 g/mol. The van der Waals surface area contributed by atoms with Crippen LogP contribution in [-0.4, -0.2) is 19.9 Å². The molecule has 0 aliphatic carbocycles. The molecule has 1 nitrogen and oxygen atoms in total. The Kier molecular flexibility index (Phi) is 5.57. The van der Waals surface area contributed by atoms with E-state index in [0.29, 0.717) is 22.7 Å². The van der Waals surface area contributed by atoms with Crippen molar-refractivity contribution in [3.8, 4) is 0 Å². The normalized spacial score (nSPS) is 13.4. The van der Waals surface area contributed by atoms with E-state index in [4.69, 9.17) is 16.0 Å². The van der Waals surface area contributed by atoms with Crippen molar-refractivity contribution < 1.29 is 4.43 Å². The first-order valence-corrected chi connectivity index (χ1v) is 7.91. The maximum Gasteiger partial charge on any atom is 0.212 e. The van der Waals surface area contributed by atoms with Crippen LogP contribution < -0.4 is 0 Å². The van der Waals surface area contributed by atoms with E-state index >= 15 is 0 Å². The average molecular weight is 223 g/mol. The molecule has 0 radical (unpaired) electrons. The van der Waals surface area contributed by atoms with Gasteiger partial charge in [0.15, 0.2) is 0 Å². The first kappa shape index (κ1) is 13.5. The standard InChI is InChI=1S/C10H23ClOSi/c1-8(2)12-13(7-11,9(3)4)10(5)6/h8-10H,7H2,1-6H3. The molecule has 0 amide bonds. The minimum Gasteiger partial charge on any atom is -0.413 e. The third-order valence-electron chi connectivity index (χ3n) is 2.62. The summed E-state index contributed by atoms with van der Waals surface area (Å²) in [4.78, 5) is 0. The van der Waals surface area contributed by atoms with Gasteiger partial charge >= 0.3 is 0 Å². The molecule has 0 unspecified atom stereocenters. The van der Waals surface area contributed by atoms with Crippen LogP contribution >= 0.6 is 11.6 Å². The van der Waals surface area contributed by atoms with Gasteiger partial charge in [0.05, 0.1) is 0 Å². The summed E-state index contributed by atoms with van der Waals surface area (Å²) in [5.74, 6) is 0.